The average molecular weight is 472 g/mol. The van der Waals surface area contributed by atoms with Gasteiger partial charge in [-0.3, -0.25) is 9.48 Å². The molecule has 35 heavy (non-hydrogen) atoms. The molecule has 1 amide bonds. The van der Waals surface area contributed by atoms with Gasteiger partial charge in [0.1, 0.15) is 23.9 Å². The molecule has 1 heterocycles. The predicted octanol–water partition coefficient (Wildman–Crippen LogP) is 5.40. The first-order valence-electron chi connectivity index (χ1n) is 11.3. The molecule has 0 saturated heterocycles. The smallest absolute Gasteiger partial charge is 0.255 e. The molecule has 180 valence electrons. The Bertz CT molecular complexity index is 1300. The lowest BCUT2D eigenvalue weighted by Gasteiger charge is -2.09. The van der Waals surface area contributed by atoms with Crippen LogP contribution in [0, 0.1) is 13.8 Å². The molecule has 0 fully saturated rings. The van der Waals surface area contributed by atoms with Crippen molar-refractivity contribution in [1.29, 1.82) is 0 Å². The molecule has 0 radical (unpaired) electrons. The fraction of sp³-hybridized carbons (Fsp3) is 0.214. The fourth-order valence-corrected chi connectivity index (χ4v) is 3.75. The summed E-state index contributed by atoms with van der Waals surface area (Å²) in [5, 5.41) is 7.64. The number of anilines is 1. The van der Waals surface area contributed by atoms with Gasteiger partial charge in [-0.05, 0) is 73.5 Å². The number of ether oxygens (including phenoxy) is 3. The first kappa shape index (κ1) is 23.9. The Morgan fingerprint density at radius 2 is 1.54 bits per heavy atom. The summed E-state index contributed by atoms with van der Waals surface area (Å²) in [4.78, 5) is 12.9. The van der Waals surface area contributed by atoms with E-state index in [2.05, 4.69) is 10.4 Å². The normalized spacial score (nSPS) is 10.6. The first-order chi connectivity index (χ1) is 17.0. The minimum Gasteiger partial charge on any atom is -0.497 e. The zero-order chi connectivity index (χ0) is 24.8. The van der Waals surface area contributed by atoms with Crippen LogP contribution in [0.2, 0.25) is 0 Å². The summed E-state index contributed by atoms with van der Waals surface area (Å²) < 4.78 is 18.2. The van der Waals surface area contributed by atoms with Gasteiger partial charge < -0.3 is 19.5 Å². The molecular weight excluding hydrogens is 442 g/mol. The van der Waals surface area contributed by atoms with Crippen molar-refractivity contribution in [2.45, 2.75) is 27.0 Å². The van der Waals surface area contributed by atoms with Crippen molar-refractivity contribution in [1.82, 2.24) is 9.78 Å². The molecule has 0 unspecified atom stereocenters. The molecule has 3 aromatic carbocycles. The van der Waals surface area contributed by atoms with E-state index >= 15 is 0 Å². The number of carbonyl (C=O) groups excluding carboxylic acids is 1. The summed E-state index contributed by atoms with van der Waals surface area (Å²) in [5.41, 5.74) is 4.99. The molecule has 0 aliphatic rings. The third-order valence-electron chi connectivity index (χ3n) is 5.77. The molecule has 0 bridgehead atoms. The summed E-state index contributed by atoms with van der Waals surface area (Å²) >= 11 is 0. The second kappa shape index (κ2) is 10.8. The van der Waals surface area contributed by atoms with Crippen LogP contribution < -0.4 is 19.5 Å². The van der Waals surface area contributed by atoms with Crippen LogP contribution in [-0.2, 0) is 13.2 Å². The summed E-state index contributed by atoms with van der Waals surface area (Å²) in [7, 11) is 3.28. The van der Waals surface area contributed by atoms with Crippen molar-refractivity contribution in [2.24, 2.45) is 0 Å². The molecule has 0 spiro atoms. The van der Waals surface area contributed by atoms with Gasteiger partial charge in [-0.2, -0.15) is 5.10 Å². The van der Waals surface area contributed by atoms with Crippen LogP contribution in [0.3, 0.4) is 0 Å². The van der Waals surface area contributed by atoms with E-state index in [0.717, 1.165) is 45.5 Å². The van der Waals surface area contributed by atoms with Gasteiger partial charge in [0.2, 0.25) is 0 Å². The Balaban J connectivity index is 1.39. The third kappa shape index (κ3) is 5.81. The van der Waals surface area contributed by atoms with Crippen molar-refractivity contribution in [3.63, 3.8) is 0 Å². The van der Waals surface area contributed by atoms with Crippen LogP contribution >= 0.6 is 0 Å². The fourth-order valence-electron chi connectivity index (χ4n) is 3.75. The van der Waals surface area contributed by atoms with E-state index in [1.165, 1.54) is 0 Å². The average Bonchev–Trinajstić information content (AvgIpc) is 3.15. The lowest BCUT2D eigenvalue weighted by atomic mass is 10.1. The number of methoxy groups -OCH3 is 2. The number of nitrogens with zero attached hydrogens (tertiary/aromatic N) is 2. The highest BCUT2D eigenvalue weighted by molar-refractivity contribution is 6.04. The molecule has 4 aromatic rings. The Kier molecular flexibility index (Phi) is 7.35. The molecule has 0 aliphatic heterocycles. The second-order valence-corrected chi connectivity index (χ2v) is 8.17. The van der Waals surface area contributed by atoms with Crippen LogP contribution in [0.1, 0.15) is 32.9 Å². The van der Waals surface area contributed by atoms with Crippen molar-refractivity contribution >= 4 is 11.6 Å². The first-order valence-corrected chi connectivity index (χ1v) is 11.3. The molecular formula is C28H29N3O4. The third-order valence-corrected chi connectivity index (χ3v) is 5.77. The maximum absolute atomic E-state index is 12.9. The summed E-state index contributed by atoms with van der Waals surface area (Å²) in [6.07, 6.45) is 0. The van der Waals surface area contributed by atoms with Gasteiger partial charge in [0.15, 0.2) is 0 Å². The van der Waals surface area contributed by atoms with Gasteiger partial charge in [-0.25, -0.2) is 0 Å². The quantitative estimate of drug-likeness (QED) is 0.354. The van der Waals surface area contributed by atoms with E-state index in [9.17, 15) is 4.79 Å². The van der Waals surface area contributed by atoms with Crippen LogP contribution in [0.5, 0.6) is 17.2 Å². The van der Waals surface area contributed by atoms with Gasteiger partial charge in [-0.15, -0.1) is 0 Å². The summed E-state index contributed by atoms with van der Waals surface area (Å²) in [6.45, 7) is 4.84. The van der Waals surface area contributed by atoms with Gasteiger partial charge in [0.05, 0.1) is 37.8 Å². The zero-order valence-corrected chi connectivity index (χ0v) is 20.4. The number of aryl methyl sites for hydroxylation is 1. The number of nitrogens with one attached hydrogen (secondary N) is 1. The van der Waals surface area contributed by atoms with Crippen molar-refractivity contribution in [2.75, 3.05) is 19.5 Å². The van der Waals surface area contributed by atoms with Crippen LogP contribution in [-0.4, -0.2) is 29.9 Å². The second-order valence-electron chi connectivity index (χ2n) is 8.17. The number of hydrogen-bond donors (Lipinski definition) is 1. The van der Waals surface area contributed by atoms with E-state index in [1.807, 2.05) is 79.2 Å². The topological polar surface area (TPSA) is 74.6 Å². The van der Waals surface area contributed by atoms with Gasteiger partial charge in [-0.1, -0.05) is 24.3 Å². The molecule has 4 rings (SSSR count). The predicted molar refractivity (Wildman–Crippen MR) is 136 cm³/mol. The highest BCUT2D eigenvalue weighted by atomic mass is 16.5. The Hall–Kier alpha value is -4.26. The van der Waals surface area contributed by atoms with Crippen molar-refractivity contribution in [3.05, 3.63) is 101 Å². The van der Waals surface area contributed by atoms with E-state index in [4.69, 9.17) is 14.2 Å². The van der Waals surface area contributed by atoms with E-state index in [-0.39, 0.29) is 5.91 Å². The van der Waals surface area contributed by atoms with E-state index < -0.39 is 0 Å². The molecule has 0 atom stereocenters. The number of carbonyl (C=O) groups is 1. The highest BCUT2D eigenvalue weighted by Gasteiger charge is 2.16. The maximum Gasteiger partial charge on any atom is 0.255 e. The van der Waals surface area contributed by atoms with E-state index in [0.29, 0.717) is 18.7 Å². The summed E-state index contributed by atoms with van der Waals surface area (Å²) in [5.74, 6) is 2.16. The minimum atomic E-state index is -0.181. The molecule has 7 heteroatoms. The number of benzene rings is 3. The largest absolute Gasteiger partial charge is 0.497 e. The summed E-state index contributed by atoms with van der Waals surface area (Å²) in [6, 6.07) is 22.7. The van der Waals surface area contributed by atoms with Gasteiger partial charge in [0, 0.05) is 5.56 Å². The van der Waals surface area contributed by atoms with Gasteiger partial charge >= 0.3 is 0 Å². The monoisotopic (exact) mass is 471 g/mol. The molecule has 1 aromatic heterocycles. The Morgan fingerprint density at radius 3 is 2.23 bits per heavy atom. The molecule has 7 nitrogen and oxygen atoms in total. The van der Waals surface area contributed by atoms with Crippen LogP contribution in [0.15, 0.2) is 72.8 Å². The SMILES string of the molecule is COc1ccc(OCc2ccc(C(=O)Nc3c(C)nn(Cc4cccc(OC)c4)c3C)cc2)cc1. The van der Waals surface area contributed by atoms with Crippen molar-refractivity contribution in [3.8, 4) is 17.2 Å². The Labute approximate surface area is 205 Å². The van der Waals surface area contributed by atoms with E-state index in [1.54, 1.807) is 26.4 Å². The number of rotatable bonds is 9. The number of amides is 1. The van der Waals surface area contributed by atoms with Crippen LogP contribution in [0.4, 0.5) is 5.69 Å². The molecule has 1 N–H and O–H groups in total. The number of hydrogen-bond acceptors (Lipinski definition) is 5. The zero-order valence-electron chi connectivity index (χ0n) is 20.4. The molecule has 0 aliphatic carbocycles. The number of aromatic nitrogens is 2. The van der Waals surface area contributed by atoms with Crippen LogP contribution in [0.25, 0.3) is 0 Å². The lowest BCUT2D eigenvalue weighted by molar-refractivity contribution is 0.102. The standard InChI is InChI=1S/C28H29N3O4/c1-19-27(20(2)31(30-19)17-22-6-5-7-26(16-22)34-4)29-28(32)23-10-8-21(9-11-23)18-35-25-14-12-24(33-3)13-15-25/h5-16H,17-18H2,1-4H3,(H,29,32). The molecule has 0 saturated carbocycles. The highest BCUT2D eigenvalue weighted by Crippen LogP contribution is 2.23. The maximum atomic E-state index is 12.9. The Morgan fingerprint density at radius 1 is 0.857 bits per heavy atom. The minimum absolute atomic E-state index is 0.181. The van der Waals surface area contributed by atoms with Crippen molar-refractivity contribution < 1.29 is 19.0 Å². The van der Waals surface area contributed by atoms with Gasteiger partial charge in [0.25, 0.3) is 5.91 Å². The lowest BCUT2D eigenvalue weighted by Crippen LogP contribution is -2.13.